The molecular formula is C12H8IN3O2S. The molecule has 0 radical (unpaired) electrons. The Balaban J connectivity index is 2.34. The molecule has 0 atom stereocenters. The van der Waals surface area contributed by atoms with Gasteiger partial charge in [0.15, 0.2) is 5.65 Å². The molecule has 5 nitrogen and oxygen atoms in total. The average Bonchev–Trinajstić information content (AvgIpc) is 2.76. The van der Waals surface area contributed by atoms with Gasteiger partial charge in [-0.05, 0) is 40.8 Å². The first-order valence-corrected chi connectivity index (χ1v) is 7.91. The van der Waals surface area contributed by atoms with Gasteiger partial charge in [-0.15, -0.1) is 0 Å². The fraction of sp³-hybridized carbons (Fsp3) is 0. The fourth-order valence-corrected chi connectivity index (χ4v) is 4.46. The minimum atomic E-state index is -3.65. The molecule has 0 spiro atoms. The van der Waals surface area contributed by atoms with E-state index in [0.29, 0.717) is 14.9 Å². The van der Waals surface area contributed by atoms with Crippen LogP contribution in [0.1, 0.15) is 0 Å². The Kier molecular flexibility index (Phi) is 3.02. The molecule has 0 saturated heterocycles. The minimum absolute atomic E-state index is 0.232. The molecule has 0 aliphatic carbocycles. The van der Waals surface area contributed by atoms with Crippen LogP contribution < -0.4 is 0 Å². The van der Waals surface area contributed by atoms with Crippen molar-refractivity contribution in [3.8, 4) is 0 Å². The molecule has 7 heteroatoms. The Morgan fingerprint density at radius 2 is 1.74 bits per heavy atom. The van der Waals surface area contributed by atoms with E-state index < -0.39 is 10.0 Å². The molecular weight excluding hydrogens is 377 g/mol. The maximum absolute atomic E-state index is 12.6. The molecule has 0 saturated carbocycles. The Morgan fingerprint density at radius 3 is 2.47 bits per heavy atom. The molecule has 2 aromatic heterocycles. The number of halogens is 1. The summed E-state index contributed by atoms with van der Waals surface area (Å²) in [5, 5.41) is 0. The second-order valence-corrected chi connectivity index (χ2v) is 6.71. The largest absolute Gasteiger partial charge is 0.270 e. The summed E-state index contributed by atoms with van der Waals surface area (Å²) in [6.45, 7) is 0. The number of fused-ring (bicyclic) bond motifs is 1. The predicted molar refractivity (Wildman–Crippen MR) is 79.3 cm³/mol. The molecule has 0 aliphatic heterocycles. The highest BCUT2D eigenvalue weighted by molar-refractivity contribution is 14.1. The molecule has 1 aromatic carbocycles. The Morgan fingerprint density at radius 1 is 1.05 bits per heavy atom. The van der Waals surface area contributed by atoms with E-state index in [2.05, 4.69) is 9.97 Å². The second kappa shape index (κ2) is 4.57. The SMILES string of the molecule is O=S(=O)(c1ccccc1)n1c(I)cc2nccnc21. The van der Waals surface area contributed by atoms with Crippen LogP contribution in [0.15, 0.2) is 53.7 Å². The Bertz CT molecular complexity index is 844. The second-order valence-electron chi connectivity index (χ2n) is 3.81. The Hall–Kier alpha value is -1.48. The summed E-state index contributed by atoms with van der Waals surface area (Å²) in [6.07, 6.45) is 3.02. The number of benzene rings is 1. The van der Waals surface area contributed by atoms with Crippen molar-refractivity contribution in [2.75, 3.05) is 0 Å². The van der Waals surface area contributed by atoms with E-state index in [1.807, 2.05) is 22.6 Å². The van der Waals surface area contributed by atoms with Gasteiger partial charge in [0.05, 0.1) is 8.60 Å². The fourth-order valence-electron chi connectivity index (χ4n) is 1.80. The highest BCUT2D eigenvalue weighted by Crippen LogP contribution is 2.23. The smallest absolute Gasteiger partial charge is 0.251 e. The number of hydrogen-bond acceptors (Lipinski definition) is 4. The van der Waals surface area contributed by atoms with E-state index in [0.717, 1.165) is 0 Å². The van der Waals surface area contributed by atoms with E-state index in [1.165, 1.54) is 16.4 Å². The van der Waals surface area contributed by atoms with Crippen LogP contribution >= 0.6 is 22.6 Å². The minimum Gasteiger partial charge on any atom is -0.251 e. The molecule has 3 aromatic rings. The van der Waals surface area contributed by atoms with Crippen molar-refractivity contribution in [3.05, 3.63) is 52.5 Å². The lowest BCUT2D eigenvalue weighted by atomic mass is 10.4. The molecule has 0 fully saturated rings. The summed E-state index contributed by atoms with van der Waals surface area (Å²) in [7, 11) is -3.65. The van der Waals surface area contributed by atoms with Crippen LogP contribution in [0, 0.1) is 3.70 Å². The molecule has 0 amide bonds. The quantitative estimate of drug-likeness (QED) is 0.635. The monoisotopic (exact) mass is 385 g/mol. The number of rotatable bonds is 2. The summed E-state index contributed by atoms with van der Waals surface area (Å²) < 4.78 is 27.0. The summed E-state index contributed by atoms with van der Waals surface area (Å²) in [5.41, 5.74) is 0.905. The zero-order valence-corrected chi connectivity index (χ0v) is 12.5. The maximum atomic E-state index is 12.6. The predicted octanol–water partition coefficient (Wildman–Crippen LogP) is 2.27. The van der Waals surface area contributed by atoms with Crippen molar-refractivity contribution in [2.24, 2.45) is 0 Å². The third kappa shape index (κ3) is 2.02. The van der Waals surface area contributed by atoms with Crippen LogP contribution in [-0.4, -0.2) is 22.4 Å². The first-order valence-electron chi connectivity index (χ1n) is 5.39. The summed E-state index contributed by atoms with van der Waals surface area (Å²) >= 11 is 1.97. The van der Waals surface area contributed by atoms with Crippen LogP contribution in [0.5, 0.6) is 0 Å². The zero-order valence-electron chi connectivity index (χ0n) is 9.56. The first-order chi connectivity index (χ1) is 9.10. The van der Waals surface area contributed by atoms with Crippen molar-refractivity contribution in [1.82, 2.24) is 13.9 Å². The van der Waals surface area contributed by atoms with Gasteiger partial charge in [0, 0.05) is 12.4 Å². The number of aromatic nitrogens is 3. The summed E-state index contributed by atoms with van der Waals surface area (Å²) in [5.74, 6) is 0. The molecule has 0 N–H and O–H groups in total. The molecule has 2 heterocycles. The first kappa shape index (κ1) is 12.5. The van der Waals surface area contributed by atoms with Crippen molar-refractivity contribution in [1.29, 1.82) is 0 Å². The third-order valence-corrected chi connectivity index (χ3v) is 5.47. The lowest BCUT2D eigenvalue weighted by Gasteiger charge is -2.07. The van der Waals surface area contributed by atoms with Crippen LogP contribution in [0.2, 0.25) is 0 Å². The summed E-state index contributed by atoms with van der Waals surface area (Å²) in [4.78, 5) is 8.46. The lowest BCUT2D eigenvalue weighted by Crippen LogP contribution is -2.14. The maximum Gasteiger partial charge on any atom is 0.270 e. The zero-order chi connectivity index (χ0) is 13.5. The van der Waals surface area contributed by atoms with E-state index in [9.17, 15) is 8.42 Å². The van der Waals surface area contributed by atoms with Gasteiger partial charge in [-0.3, -0.25) is 4.98 Å². The third-order valence-electron chi connectivity index (χ3n) is 2.63. The van der Waals surface area contributed by atoms with Crippen LogP contribution in [0.4, 0.5) is 0 Å². The topological polar surface area (TPSA) is 64.8 Å². The molecule has 3 rings (SSSR count). The van der Waals surface area contributed by atoms with Crippen molar-refractivity contribution in [3.63, 3.8) is 0 Å². The van der Waals surface area contributed by atoms with Gasteiger partial charge in [0.2, 0.25) is 0 Å². The van der Waals surface area contributed by atoms with Gasteiger partial charge in [-0.2, -0.15) is 0 Å². The summed E-state index contributed by atoms with van der Waals surface area (Å²) in [6, 6.07) is 9.98. The highest BCUT2D eigenvalue weighted by Gasteiger charge is 2.22. The number of hydrogen-bond donors (Lipinski definition) is 0. The lowest BCUT2D eigenvalue weighted by molar-refractivity contribution is 0.588. The number of nitrogens with zero attached hydrogens (tertiary/aromatic N) is 3. The molecule has 0 aliphatic rings. The molecule has 19 heavy (non-hydrogen) atoms. The average molecular weight is 385 g/mol. The van der Waals surface area contributed by atoms with E-state index in [-0.39, 0.29) is 4.90 Å². The van der Waals surface area contributed by atoms with Gasteiger partial charge in [-0.25, -0.2) is 17.4 Å². The van der Waals surface area contributed by atoms with Crippen molar-refractivity contribution < 1.29 is 8.42 Å². The van der Waals surface area contributed by atoms with Crippen LogP contribution in [-0.2, 0) is 10.0 Å². The van der Waals surface area contributed by atoms with E-state index in [4.69, 9.17) is 0 Å². The van der Waals surface area contributed by atoms with Gasteiger partial charge < -0.3 is 0 Å². The van der Waals surface area contributed by atoms with Crippen LogP contribution in [0.25, 0.3) is 11.2 Å². The van der Waals surface area contributed by atoms with E-state index in [1.54, 1.807) is 36.4 Å². The van der Waals surface area contributed by atoms with Gasteiger partial charge in [-0.1, -0.05) is 18.2 Å². The van der Waals surface area contributed by atoms with Gasteiger partial charge in [0.1, 0.15) is 5.52 Å². The normalized spacial score (nSPS) is 11.8. The van der Waals surface area contributed by atoms with E-state index >= 15 is 0 Å². The molecule has 96 valence electrons. The molecule has 0 bridgehead atoms. The van der Waals surface area contributed by atoms with Crippen molar-refractivity contribution >= 4 is 43.8 Å². The van der Waals surface area contributed by atoms with Gasteiger partial charge >= 0.3 is 0 Å². The highest BCUT2D eigenvalue weighted by atomic mass is 127. The van der Waals surface area contributed by atoms with Crippen LogP contribution in [0.3, 0.4) is 0 Å². The standard InChI is InChI=1S/C12H8IN3O2S/c13-11-8-10-12(15-7-6-14-10)16(11)19(17,18)9-4-2-1-3-5-9/h1-8H. The molecule has 0 unspecified atom stereocenters. The van der Waals surface area contributed by atoms with Crippen molar-refractivity contribution in [2.45, 2.75) is 4.90 Å². The van der Waals surface area contributed by atoms with Gasteiger partial charge in [0.25, 0.3) is 10.0 Å². The Labute approximate surface area is 123 Å².